The van der Waals surface area contributed by atoms with Crippen molar-refractivity contribution in [1.82, 2.24) is 5.32 Å². The zero-order valence-electron chi connectivity index (χ0n) is 7.59. The normalized spacial score (nSPS) is 22.3. The Bertz CT molecular complexity index is 324. The first-order valence-electron chi connectivity index (χ1n) is 4.53. The van der Waals surface area contributed by atoms with Crippen molar-refractivity contribution in [1.29, 1.82) is 0 Å². The van der Waals surface area contributed by atoms with Gasteiger partial charge in [-0.3, -0.25) is 0 Å². The monoisotopic (exact) mass is 415 g/mol. The number of morpholine rings is 1. The minimum Gasteiger partial charge on any atom is -0.378 e. The van der Waals surface area contributed by atoms with Gasteiger partial charge in [0.2, 0.25) is 0 Å². The van der Waals surface area contributed by atoms with Crippen molar-refractivity contribution >= 4 is 45.2 Å². The van der Waals surface area contributed by atoms with Gasteiger partial charge < -0.3 is 10.1 Å². The lowest BCUT2D eigenvalue weighted by molar-refractivity contribution is 0.0766. The van der Waals surface area contributed by atoms with Crippen molar-refractivity contribution < 1.29 is 4.74 Å². The number of hydrogen-bond donors (Lipinski definition) is 1. The van der Waals surface area contributed by atoms with E-state index >= 15 is 0 Å². The van der Waals surface area contributed by atoms with E-state index in [9.17, 15) is 0 Å². The Labute approximate surface area is 111 Å². The van der Waals surface area contributed by atoms with E-state index in [1.54, 1.807) is 0 Å². The van der Waals surface area contributed by atoms with E-state index in [1.165, 1.54) is 12.7 Å². The summed E-state index contributed by atoms with van der Waals surface area (Å²) in [5.41, 5.74) is 1.36. The Morgan fingerprint density at radius 2 is 2.21 bits per heavy atom. The zero-order chi connectivity index (χ0) is 9.97. The van der Waals surface area contributed by atoms with E-state index in [-0.39, 0.29) is 0 Å². The first-order chi connectivity index (χ1) is 6.77. The molecule has 0 radical (unpaired) electrons. The van der Waals surface area contributed by atoms with Crippen LogP contribution in [0.1, 0.15) is 11.6 Å². The Morgan fingerprint density at radius 3 is 2.93 bits per heavy atom. The minimum atomic E-state index is 0.366. The van der Waals surface area contributed by atoms with Gasteiger partial charge in [-0.2, -0.15) is 0 Å². The second kappa shape index (κ2) is 5.09. The average Bonchev–Trinajstić information content (AvgIpc) is 2.23. The van der Waals surface area contributed by atoms with Gasteiger partial charge in [0.1, 0.15) is 0 Å². The van der Waals surface area contributed by atoms with E-state index < -0.39 is 0 Å². The lowest BCUT2D eigenvalue weighted by Gasteiger charge is -2.25. The molecule has 1 aliphatic heterocycles. The van der Waals surface area contributed by atoms with E-state index in [0.29, 0.717) is 6.04 Å². The van der Waals surface area contributed by atoms with Gasteiger partial charge in [-0.15, -0.1) is 0 Å². The van der Waals surface area contributed by atoms with Crippen molar-refractivity contribution in [3.8, 4) is 0 Å². The molecule has 1 aliphatic rings. The van der Waals surface area contributed by atoms with Crippen molar-refractivity contribution in [3.63, 3.8) is 0 Å². The third-order valence-electron chi connectivity index (χ3n) is 2.26. The predicted octanol–water partition coefficient (Wildman–Crippen LogP) is 2.56. The van der Waals surface area contributed by atoms with Crippen LogP contribution in [-0.4, -0.2) is 19.8 Å². The van der Waals surface area contributed by atoms with Crippen molar-refractivity contribution in [2.75, 3.05) is 19.8 Å². The van der Waals surface area contributed by atoms with Crippen molar-refractivity contribution in [2.24, 2.45) is 0 Å². The largest absolute Gasteiger partial charge is 0.378 e. The zero-order valence-corrected chi connectivity index (χ0v) is 11.9. The molecule has 1 fully saturated rings. The molecule has 1 saturated heterocycles. The fraction of sp³-hybridized carbons (Fsp3) is 0.400. The Balaban J connectivity index is 2.24. The standard InChI is InChI=1S/C10H11I2NO/c11-7-1-2-9(12)8(5-7)10-6-14-4-3-13-10/h1-2,5,10,13H,3-4,6H2. The molecular weight excluding hydrogens is 404 g/mol. The Morgan fingerprint density at radius 1 is 1.36 bits per heavy atom. The number of nitrogens with one attached hydrogen (secondary N) is 1. The lowest BCUT2D eigenvalue weighted by atomic mass is 10.1. The Kier molecular flexibility index (Phi) is 4.03. The molecule has 2 nitrogen and oxygen atoms in total. The molecule has 1 N–H and O–H groups in total. The van der Waals surface area contributed by atoms with Gasteiger partial charge in [-0.05, 0) is 68.9 Å². The highest BCUT2D eigenvalue weighted by molar-refractivity contribution is 14.1. The summed E-state index contributed by atoms with van der Waals surface area (Å²) in [7, 11) is 0. The van der Waals surface area contributed by atoms with Crippen LogP contribution in [0.3, 0.4) is 0 Å². The molecule has 1 unspecified atom stereocenters. The van der Waals surface area contributed by atoms with Crippen molar-refractivity contribution in [2.45, 2.75) is 6.04 Å². The lowest BCUT2D eigenvalue weighted by Crippen LogP contribution is -2.35. The van der Waals surface area contributed by atoms with Gasteiger partial charge in [-0.25, -0.2) is 0 Å². The number of ether oxygens (including phenoxy) is 1. The smallest absolute Gasteiger partial charge is 0.0662 e. The summed E-state index contributed by atoms with van der Waals surface area (Å²) in [5, 5.41) is 3.47. The summed E-state index contributed by atoms with van der Waals surface area (Å²) in [4.78, 5) is 0. The number of halogens is 2. The van der Waals surface area contributed by atoms with Crippen LogP contribution in [0.4, 0.5) is 0 Å². The summed E-state index contributed by atoms with van der Waals surface area (Å²) in [6.07, 6.45) is 0. The molecule has 2 rings (SSSR count). The van der Waals surface area contributed by atoms with Gasteiger partial charge in [0.15, 0.2) is 0 Å². The third-order valence-corrected chi connectivity index (χ3v) is 3.91. The van der Waals surface area contributed by atoms with Crippen molar-refractivity contribution in [3.05, 3.63) is 30.9 Å². The molecule has 0 spiro atoms. The third kappa shape index (κ3) is 2.59. The van der Waals surface area contributed by atoms with Gasteiger partial charge in [-0.1, -0.05) is 0 Å². The number of hydrogen-bond acceptors (Lipinski definition) is 2. The van der Waals surface area contributed by atoms with Crippen LogP contribution < -0.4 is 5.32 Å². The molecule has 1 aromatic carbocycles. The fourth-order valence-corrected chi connectivity index (χ4v) is 2.77. The second-order valence-corrected chi connectivity index (χ2v) is 5.66. The quantitative estimate of drug-likeness (QED) is 0.713. The maximum atomic E-state index is 5.46. The van der Waals surface area contributed by atoms with Gasteiger partial charge in [0.25, 0.3) is 0 Å². The number of rotatable bonds is 1. The SMILES string of the molecule is Ic1ccc(I)c(C2COCCN2)c1. The van der Waals surface area contributed by atoms with Crippen LogP contribution >= 0.6 is 45.2 Å². The molecule has 4 heteroatoms. The Hall–Kier alpha value is 0.600. The first-order valence-corrected chi connectivity index (χ1v) is 6.69. The molecule has 1 atom stereocenters. The molecule has 14 heavy (non-hydrogen) atoms. The fourth-order valence-electron chi connectivity index (χ4n) is 1.55. The first kappa shape index (κ1) is 11.1. The molecule has 0 saturated carbocycles. The van der Waals surface area contributed by atoms with Gasteiger partial charge >= 0.3 is 0 Å². The molecule has 1 heterocycles. The molecule has 0 amide bonds. The average molecular weight is 415 g/mol. The van der Waals surface area contributed by atoms with Crippen LogP contribution in [-0.2, 0) is 4.74 Å². The molecule has 1 aromatic rings. The summed E-state index contributed by atoms with van der Waals surface area (Å²) in [6, 6.07) is 6.89. The van der Waals surface area contributed by atoms with Crippen LogP contribution in [0.5, 0.6) is 0 Å². The van der Waals surface area contributed by atoms with Crippen LogP contribution in [0.25, 0.3) is 0 Å². The van der Waals surface area contributed by atoms with E-state index in [1.807, 2.05) is 0 Å². The summed E-state index contributed by atoms with van der Waals surface area (Å²) < 4.78 is 8.06. The highest BCUT2D eigenvalue weighted by Crippen LogP contribution is 2.23. The molecule has 76 valence electrons. The summed E-state index contributed by atoms with van der Waals surface area (Å²) in [6.45, 7) is 2.57. The van der Waals surface area contributed by atoms with Crippen LogP contribution in [0.15, 0.2) is 18.2 Å². The topological polar surface area (TPSA) is 21.3 Å². The molecule has 0 aromatic heterocycles. The highest BCUT2D eigenvalue weighted by Gasteiger charge is 2.17. The van der Waals surface area contributed by atoms with Gasteiger partial charge in [0.05, 0.1) is 19.3 Å². The summed E-state index contributed by atoms with van der Waals surface area (Å²) >= 11 is 4.73. The predicted molar refractivity (Wildman–Crippen MR) is 73.4 cm³/mol. The minimum absolute atomic E-state index is 0.366. The van der Waals surface area contributed by atoms with E-state index in [0.717, 1.165) is 19.8 Å². The number of benzene rings is 1. The van der Waals surface area contributed by atoms with E-state index in [2.05, 4.69) is 68.7 Å². The van der Waals surface area contributed by atoms with Crippen LogP contribution in [0.2, 0.25) is 0 Å². The van der Waals surface area contributed by atoms with Gasteiger partial charge in [0, 0.05) is 13.7 Å². The maximum Gasteiger partial charge on any atom is 0.0662 e. The van der Waals surface area contributed by atoms with Crippen LogP contribution in [0, 0.1) is 7.14 Å². The molecular formula is C10H11I2NO. The van der Waals surface area contributed by atoms with E-state index in [4.69, 9.17) is 4.74 Å². The molecule has 0 bridgehead atoms. The maximum absolute atomic E-state index is 5.46. The highest BCUT2D eigenvalue weighted by atomic mass is 127. The molecule has 0 aliphatic carbocycles. The second-order valence-electron chi connectivity index (χ2n) is 3.25. The summed E-state index contributed by atoms with van der Waals surface area (Å²) in [5.74, 6) is 0.